The van der Waals surface area contributed by atoms with Crippen molar-refractivity contribution in [2.75, 3.05) is 0 Å². The van der Waals surface area contributed by atoms with Crippen LogP contribution in [0.4, 0.5) is 0 Å². The van der Waals surface area contributed by atoms with E-state index < -0.39 is 0 Å². The molecule has 0 amide bonds. The highest BCUT2D eigenvalue weighted by atomic mass is 79.9. The molecule has 0 spiro atoms. The van der Waals surface area contributed by atoms with E-state index in [4.69, 9.17) is 5.26 Å². The minimum atomic E-state index is 0.180. The molecule has 1 unspecified atom stereocenters. The van der Waals surface area contributed by atoms with Gasteiger partial charge in [0.05, 0.1) is 11.6 Å². The Morgan fingerprint density at radius 1 is 1.10 bits per heavy atom. The number of hydrogen-bond donors (Lipinski definition) is 0. The molecule has 0 radical (unpaired) electrons. The molecule has 1 atom stereocenters. The minimum absolute atomic E-state index is 0.180. The summed E-state index contributed by atoms with van der Waals surface area (Å²) in [6.07, 6.45) is 4.25. The highest BCUT2D eigenvalue weighted by Crippen LogP contribution is 2.35. The Kier molecular flexibility index (Phi) is 3.58. The Morgan fingerprint density at radius 2 is 1.85 bits per heavy atom. The fourth-order valence-corrected chi connectivity index (χ4v) is 3.04. The molecular formula is C17H13BrN2. The van der Waals surface area contributed by atoms with Crippen molar-refractivity contribution in [1.82, 2.24) is 4.90 Å². The minimum Gasteiger partial charge on any atom is -0.357 e. The topological polar surface area (TPSA) is 27.0 Å². The number of nitrogens with zero attached hydrogens (tertiary/aromatic N) is 2. The standard InChI is InChI=1S/C17H13BrN2/c18-17-16-4-2-1-3-15(16)9-10-20(17)12-14-7-5-13(11-19)6-8-14/h1-10,17H,12H2. The maximum Gasteiger partial charge on any atom is 0.110 e. The van der Waals surface area contributed by atoms with Crippen molar-refractivity contribution < 1.29 is 0 Å². The summed E-state index contributed by atoms with van der Waals surface area (Å²) >= 11 is 3.76. The molecule has 98 valence electrons. The maximum absolute atomic E-state index is 8.82. The first kappa shape index (κ1) is 13.0. The van der Waals surface area contributed by atoms with Gasteiger partial charge >= 0.3 is 0 Å². The van der Waals surface area contributed by atoms with Gasteiger partial charge in [0.2, 0.25) is 0 Å². The molecule has 3 heteroatoms. The van der Waals surface area contributed by atoms with Gasteiger partial charge in [0.1, 0.15) is 4.95 Å². The first-order valence-corrected chi connectivity index (χ1v) is 7.35. The number of rotatable bonds is 2. The SMILES string of the molecule is N#Cc1ccc(CN2C=Cc3ccccc3C2Br)cc1. The predicted molar refractivity (Wildman–Crippen MR) is 83.8 cm³/mol. The zero-order valence-electron chi connectivity index (χ0n) is 10.8. The molecule has 0 bridgehead atoms. The van der Waals surface area contributed by atoms with Crippen LogP contribution in [0.2, 0.25) is 0 Å². The molecule has 2 aromatic carbocycles. The van der Waals surface area contributed by atoms with Crippen LogP contribution < -0.4 is 0 Å². The first-order chi connectivity index (χ1) is 9.78. The van der Waals surface area contributed by atoms with Crippen LogP contribution in [0.1, 0.15) is 27.2 Å². The Labute approximate surface area is 127 Å². The van der Waals surface area contributed by atoms with Gasteiger partial charge < -0.3 is 4.90 Å². The lowest BCUT2D eigenvalue weighted by Gasteiger charge is -2.31. The molecule has 1 aliphatic heterocycles. The van der Waals surface area contributed by atoms with Gasteiger partial charge in [-0.2, -0.15) is 5.26 Å². The lowest BCUT2D eigenvalue weighted by Crippen LogP contribution is -2.22. The Balaban J connectivity index is 1.81. The molecule has 2 aromatic rings. The molecule has 3 rings (SSSR count). The average molecular weight is 325 g/mol. The van der Waals surface area contributed by atoms with Crippen molar-refractivity contribution in [3.63, 3.8) is 0 Å². The van der Waals surface area contributed by atoms with Gasteiger partial charge in [-0.05, 0) is 34.9 Å². The summed E-state index contributed by atoms with van der Waals surface area (Å²) in [5.41, 5.74) is 4.43. The third-order valence-electron chi connectivity index (χ3n) is 3.44. The van der Waals surface area contributed by atoms with Crippen LogP contribution in [-0.2, 0) is 6.54 Å². The van der Waals surface area contributed by atoms with E-state index in [1.54, 1.807) is 0 Å². The summed E-state index contributed by atoms with van der Waals surface area (Å²) in [5.74, 6) is 0. The van der Waals surface area contributed by atoms with E-state index in [-0.39, 0.29) is 4.95 Å². The molecule has 20 heavy (non-hydrogen) atoms. The highest BCUT2D eigenvalue weighted by molar-refractivity contribution is 9.09. The second-order valence-electron chi connectivity index (χ2n) is 4.76. The molecule has 0 aromatic heterocycles. The third-order valence-corrected chi connectivity index (χ3v) is 4.46. The van der Waals surface area contributed by atoms with E-state index in [1.165, 1.54) is 16.7 Å². The van der Waals surface area contributed by atoms with Gasteiger partial charge in [-0.15, -0.1) is 0 Å². The largest absolute Gasteiger partial charge is 0.357 e. The van der Waals surface area contributed by atoms with E-state index in [0.717, 1.165) is 6.54 Å². The number of fused-ring (bicyclic) bond motifs is 1. The summed E-state index contributed by atoms with van der Waals surface area (Å²) < 4.78 is 0. The number of alkyl halides is 1. The number of nitriles is 1. The number of benzene rings is 2. The van der Waals surface area contributed by atoms with Gasteiger partial charge in [-0.25, -0.2) is 0 Å². The van der Waals surface area contributed by atoms with Crippen LogP contribution in [0, 0.1) is 11.3 Å². The molecule has 0 saturated heterocycles. The van der Waals surface area contributed by atoms with Gasteiger partial charge in [0.15, 0.2) is 0 Å². The van der Waals surface area contributed by atoms with Crippen LogP contribution in [0.3, 0.4) is 0 Å². The maximum atomic E-state index is 8.82. The Hall–Kier alpha value is -2.05. The van der Waals surface area contributed by atoms with Gasteiger partial charge in [0.25, 0.3) is 0 Å². The van der Waals surface area contributed by atoms with Crippen LogP contribution >= 0.6 is 15.9 Å². The Morgan fingerprint density at radius 3 is 2.60 bits per heavy atom. The van der Waals surface area contributed by atoms with Crippen LogP contribution in [0.5, 0.6) is 0 Å². The molecular weight excluding hydrogens is 312 g/mol. The zero-order valence-corrected chi connectivity index (χ0v) is 12.4. The quantitative estimate of drug-likeness (QED) is 0.603. The van der Waals surface area contributed by atoms with Crippen molar-refractivity contribution in [3.05, 3.63) is 77.0 Å². The zero-order chi connectivity index (χ0) is 13.9. The molecule has 0 aliphatic carbocycles. The molecule has 2 nitrogen and oxygen atoms in total. The summed E-state index contributed by atoms with van der Waals surface area (Å²) in [4.78, 5) is 2.42. The third kappa shape index (κ3) is 2.48. The Bertz CT molecular complexity index is 683. The van der Waals surface area contributed by atoms with Gasteiger partial charge in [-0.3, -0.25) is 0 Å². The smallest absolute Gasteiger partial charge is 0.110 e. The second kappa shape index (κ2) is 5.52. The lowest BCUT2D eigenvalue weighted by molar-refractivity contribution is 0.356. The predicted octanol–water partition coefficient (Wildman–Crippen LogP) is 4.44. The molecule has 0 N–H and O–H groups in total. The van der Waals surface area contributed by atoms with Gasteiger partial charge in [-0.1, -0.05) is 52.3 Å². The van der Waals surface area contributed by atoms with Crippen LogP contribution in [-0.4, -0.2) is 4.90 Å². The van der Waals surface area contributed by atoms with Crippen LogP contribution in [0.15, 0.2) is 54.7 Å². The first-order valence-electron chi connectivity index (χ1n) is 6.44. The van der Waals surface area contributed by atoms with Crippen LogP contribution in [0.25, 0.3) is 6.08 Å². The van der Waals surface area contributed by atoms with Crippen molar-refractivity contribution in [3.8, 4) is 6.07 Å². The van der Waals surface area contributed by atoms with Crippen molar-refractivity contribution in [2.45, 2.75) is 11.5 Å². The summed E-state index contributed by atoms with van der Waals surface area (Å²) in [5, 5.41) is 8.82. The van der Waals surface area contributed by atoms with E-state index in [9.17, 15) is 0 Å². The molecule has 1 heterocycles. The number of halogens is 1. The van der Waals surface area contributed by atoms with Crippen molar-refractivity contribution in [1.29, 1.82) is 5.26 Å². The summed E-state index contributed by atoms with van der Waals surface area (Å²) in [7, 11) is 0. The molecule has 0 saturated carbocycles. The highest BCUT2D eigenvalue weighted by Gasteiger charge is 2.20. The van der Waals surface area contributed by atoms with Crippen molar-refractivity contribution in [2.24, 2.45) is 0 Å². The van der Waals surface area contributed by atoms with E-state index >= 15 is 0 Å². The fraction of sp³-hybridized carbons (Fsp3) is 0.118. The average Bonchev–Trinajstić information content (AvgIpc) is 2.51. The van der Waals surface area contributed by atoms with E-state index in [2.05, 4.69) is 63.4 Å². The summed E-state index contributed by atoms with van der Waals surface area (Å²) in [6, 6.07) is 18.3. The summed E-state index contributed by atoms with van der Waals surface area (Å²) in [6.45, 7) is 0.812. The monoisotopic (exact) mass is 324 g/mol. The lowest BCUT2D eigenvalue weighted by atomic mass is 10.0. The molecule has 0 fully saturated rings. The normalized spacial score (nSPS) is 16.6. The molecule has 1 aliphatic rings. The number of hydrogen-bond acceptors (Lipinski definition) is 2. The van der Waals surface area contributed by atoms with E-state index in [0.29, 0.717) is 5.56 Å². The van der Waals surface area contributed by atoms with Crippen molar-refractivity contribution >= 4 is 22.0 Å². The van der Waals surface area contributed by atoms with Gasteiger partial charge in [0, 0.05) is 12.7 Å². The fourth-order valence-electron chi connectivity index (χ4n) is 2.34. The second-order valence-corrected chi connectivity index (χ2v) is 5.63. The van der Waals surface area contributed by atoms with E-state index in [1.807, 2.05) is 24.3 Å².